The number of benzene rings is 2. The summed E-state index contributed by atoms with van der Waals surface area (Å²) < 4.78 is 21.0. The molecule has 6 heteroatoms. The lowest BCUT2D eigenvalue weighted by Gasteiger charge is -2.04. The van der Waals surface area contributed by atoms with Crippen molar-refractivity contribution in [3.8, 4) is 22.5 Å². The summed E-state index contributed by atoms with van der Waals surface area (Å²) in [6.45, 7) is 3.56. The minimum Gasteiger partial charge on any atom is -0.460 e. The summed E-state index contributed by atoms with van der Waals surface area (Å²) in [6.07, 6.45) is 4.11. The van der Waals surface area contributed by atoms with Crippen LogP contribution in [0.4, 0.5) is 4.39 Å². The number of esters is 1. The van der Waals surface area contributed by atoms with Gasteiger partial charge in [0.1, 0.15) is 12.0 Å². The summed E-state index contributed by atoms with van der Waals surface area (Å²) >= 11 is 0. The smallest absolute Gasteiger partial charge is 0.334 e. The van der Waals surface area contributed by atoms with Gasteiger partial charge in [0.15, 0.2) is 0 Å². The molecule has 0 aliphatic rings. The lowest BCUT2D eigenvalue weighted by atomic mass is 10.0. The van der Waals surface area contributed by atoms with E-state index in [1.54, 1.807) is 26.0 Å². The maximum atomic E-state index is 14.5. The number of nitrogens with zero attached hydrogens (tertiary/aromatic N) is 2. The van der Waals surface area contributed by atoms with E-state index in [-0.39, 0.29) is 11.9 Å². The Labute approximate surface area is 150 Å². The number of aromatic amines is 1. The third-order valence-electron chi connectivity index (χ3n) is 3.60. The van der Waals surface area contributed by atoms with Crippen LogP contribution in [0.5, 0.6) is 0 Å². The highest BCUT2D eigenvalue weighted by molar-refractivity contribution is 5.84. The molecule has 0 fully saturated rings. The first-order valence-electron chi connectivity index (χ1n) is 8.23. The molecule has 1 aromatic heterocycles. The Morgan fingerprint density at radius 2 is 1.96 bits per heavy atom. The van der Waals surface area contributed by atoms with Gasteiger partial charge in [0.25, 0.3) is 5.82 Å². The second kappa shape index (κ2) is 7.74. The maximum Gasteiger partial charge on any atom is 0.334 e. The van der Waals surface area contributed by atoms with E-state index in [2.05, 4.69) is 10.1 Å². The molecule has 0 aliphatic heterocycles. The number of ether oxygens (including phenoxy) is 1. The molecule has 0 bridgehead atoms. The van der Waals surface area contributed by atoms with E-state index in [9.17, 15) is 9.18 Å². The number of halogens is 1. The number of carbonyl (C=O) groups is 1. The van der Waals surface area contributed by atoms with Gasteiger partial charge in [-0.15, -0.1) is 4.68 Å². The Balaban J connectivity index is 1.78. The van der Waals surface area contributed by atoms with Crippen LogP contribution in [0.15, 0.2) is 60.9 Å². The molecule has 3 aromatic rings. The SMILES string of the molecule is CC(C)OC(=O)C=C[n+]1cnc(-c2ccc(-c3ccccc3)c(F)c2)[nH]1. The molecule has 0 amide bonds. The normalized spacial score (nSPS) is 11.2. The van der Waals surface area contributed by atoms with Crippen LogP contribution in [-0.2, 0) is 9.53 Å². The van der Waals surface area contributed by atoms with Gasteiger partial charge in [-0.2, -0.15) is 5.10 Å². The van der Waals surface area contributed by atoms with Crippen molar-refractivity contribution >= 4 is 12.2 Å². The van der Waals surface area contributed by atoms with Crippen molar-refractivity contribution in [1.29, 1.82) is 0 Å². The van der Waals surface area contributed by atoms with Crippen LogP contribution >= 0.6 is 0 Å². The highest BCUT2D eigenvalue weighted by Crippen LogP contribution is 2.26. The van der Waals surface area contributed by atoms with Crippen molar-refractivity contribution in [3.05, 3.63) is 66.8 Å². The van der Waals surface area contributed by atoms with E-state index in [1.807, 2.05) is 30.3 Å². The van der Waals surface area contributed by atoms with Crippen LogP contribution < -0.4 is 4.68 Å². The Bertz CT molecular complexity index is 933. The Kier molecular flexibility index (Phi) is 5.22. The van der Waals surface area contributed by atoms with E-state index in [0.29, 0.717) is 17.0 Å². The average Bonchev–Trinajstić information content (AvgIpc) is 3.09. The molecule has 0 radical (unpaired) electrons. The monoisotopic (exact) mass is 352 g/mol. The summed E-state index contributed by atoms with van der Waals surface area (Å²) in [5.74, 6) is -0.278. The molecular formula is C20H19FN3O2+. The molecule has 0 unspecified atom stereocenters. The van der Waals surface area contributed by atoms with Crippen molar-refractivity contribution in [2.24, 2.45) is 0 Å². The lowest BCUT2D eigenvalue weighted by molar-refractivity contribution is -0.630. The van der Waals surface area contributed by atoms with Crippen LogP contribution in [0.2, 0.25) is 0 Å². The van der Waals surface area contributed by atoms with Crippen LogP contribution in [-0.4, -0.2) is 22.2 Å². The molecule has 0 saturated heterocycles. The molecule has 0 spiro atoms. The zero-order valence-corrected chi connectivity index (χ0v) is 14.5. The van der Waals surface area contributed by atoms with E-state index in [0.717, 1.165) is 5.56 Å². The first-order chi connectivity index (χ1) is 12.5. The molecule has 132 valence electrons. The fraction of sp³-hybridized carbons (Fsp3) is 0.150. The zero-order valence-electron chi connectivity index (χ0n) is 14.5. The second-order valence-electron chi connectivity index (χ2n) is 5.97. The number of H-pyrrole nitrogens is 1. The molecular weight excluding hydrogens is 333 g/mol. The van der Waals surface area contributed by atoms with Crippen molar-refractivity contribution < 1.29 is 18.6 Å². The largest absolute Gasteiger partial charge is 0.460 e. The molecule has 0 aliphatic carbocycles. The van der Waals surface area contributed by atoms with Crippen LogP contribution in [0.3, 0.4) is 0 Å². The van der Waals surface area contributed by atoms with Gasteiger partial charge in [-0.05, 0) is 36.5 Å². The van der Waals surface area contributed by atoms with Gasteiger partial charge >= 0.3 is 12.3 Å². The Morgan fingerprint density at radius 3 is 2.65 bits per heavy atom. The number of nitrogens with one attached hydrogen (secondary N) is 1. The van der Waals surface area contributed by atoms with Gasteiger partial charge in [-0.3, -0.25) is 0 Å². The van der Waals surface area contributed by atoms with Gasteiger partial charge < -0.3 is 4.74 Å². The topological polar surface area (TPSA) is 58.9 Å². The molecule has 1 N–H and O–H groups in total. The second-order valence-corrected chi connectivity index (χ2v) is 5.97. The fourth-order valence-corrected chi connectivity index (χ4v) is 2.44. The van der Waals surface area contributed by atoms with Gasteiger partial charge in [0, 0.05) is 11.1 Å². The van der Waals surface area contributed by atoms with Crippen molar-refractivity contribution in [2.45, 2.75) is 20.0 Å². The maximum absolute atomic E-state index is 14.5. The van der Waals surface area contributed by atoms with Gasteiger partial charge in [-0.1, -0.05) is 36.4 Å². The molecule has 1 heterocycles. The Morgan fingerprint density at radius 1 is 1.19 bits per heavy atom. The summed E-state index contributed by atoms with van der Waals surface area (Å²) in [6, 6.07) is 14.3. The van der Waals surface area contributed by atoms with Gasteiger partial charge in [0.2, 0.25) is 0 Å². The minimum absolute atomic E-state index is 0.180. The van der Waals surface area contributed by atoms with Crippen LogP contribution in [0.1, 0.15) is 13.8 Å². The number of hydrogen-bond donors (Lipinski definition) is 1. The predicted molar refractivity (Wildman–Crippen MR) is 96.2 cm³/mol. The highest BCUT2D eigenvalue weighted by atomic mass is 19.1. The number of hydrogen-bond acceptors (Lipinski definition) is 3. The highest BCUT2D eigenvalue weighted by Gasteiger charge is 2.13. The fourth-order valence-electron chi connectivity index (χ4n) is 2.44. The number of carbonyl (C=O) groups excluding carboxylic acids is 1. The van der Waals surface area contributed by atoms with Gasteiger partial charge in [0.05, 0.1) is 12.2 Å². The third-order valence-corrected chi connectivity index (χ3v) is 3.60. The molecule has 3 rings (SSSR count). The first-order valence-corrected chi connectivity index (χ1v) is 8.23. The predicted octanol–water partition coefficient (Wildman–Crippen LogP) is 3.59. The Hall–Kier alpha value is -3.28. The van der Waals surface area contributed by atoms with Crippen molar-refractivity contribution in [1.82, 2.24) is 10.1 Å². The van der Waals surface area contributed by atoms with Crippen molar-refractivity contribution in [3.63, 3.8) is 0 Å². The standard InChI is InChI=1S/C20H18FN3O2/c1-14(2)26-19(25)10-11-24-13-22-20(23-24)16-8-9-17(18(21)12-16)15-6-4-3-5-7-15/h3-14H,1-2H3/p+1. The lowest BCUT2D eigenvalue weighted by Crippen LogP contribution is -2.27. The average molecular weight is 352 g/mol. The van der Waals surface area contributed by atoms with E-state index >= 15 is 0 Å². The summed E-state index contributed by atoms with van der Waals surface area (Å²) in [4.78, 5) is 15.7. The number of rotatable bonds is 5. The molecule has 26 heavy (non-hydrogen) atoms. The molecule has 0 saturated carbocycles. The van der Waals surface area contributed by atoms with E-state index in [1.165, 1.54) is 29.4 Å². The van der Waals surface area contributed by atoms with E-state index in [4.69, 9.17) is 4.74 Å². The van der Waals surface area contributed by atoms with Gasteiger partial charge in [-0.25, -0.2) is 9.18 Å². The first kappa shape index (κ1) is 17.5. The summed E-state index contributed by atoms with van der Waals surface area (Å²) in [7, 11) is 0. The molecule has 0 atom stereocenters. The van der Waals surface area contributed by atoms with Crippen LogP contribution in [0.25, 0.3) is 28.7 Å². The zero-order chi connectivity index (χ0) is 18.5. The van der Waals surface area contributed by atoms with Crippen LogP contribution in [0, 0.1) is 5.82 Å². The molecule has 5 nitrogen and oxygen atoms in total. The molecule has 2 aromatic carbocycles. The third kappa shape index (κ3) is 4.22. The van der Waals surface area contributed by atoms with E-state index < -0.39 is 5.97 Å². The summed E-state index contributed by atoms with van der Waals surface area (Å²) in [5, 5.41) is 2.97. The van der Waals surface area contributed by atoms with Crippen molar-refractivity contribution in [2.75, 3.05) is 0 Å². The summed E-state index contributed by atoms with van der Waals surface area (Å²) in [5.41, 5.74) is 1.96. The quantitative estimate of drug-likeness (QED) is 0.434. The minimum atomic E-state index is -0.443. The number of aromatic nitrogens is 3.